The number of hydrogen-bond donors (Lipinski definition) is 0. The fraction of sp³-hybridized carbons (Fsp3) is 0.118. The van der Waals surface area contributed by atoms with Gasteiger partial charge in [-0.05, 0) is 24.3 Å². The standard InChI is InChI=1S/C17H11F3O/c18-17(19,20)15-11-9-13(10-12-15)5-4-8-16(21)14-6-2-1-3-7-14/h1-3,6-7,9-12H,8H2. The highest BCUT2D eigenvalue weighted by atomic mass is 19.4. The number of hydrogen-bond acceptors (Lipinski definition) is 1. The average molecular weight is 288 g/mol. The second kappa shape index (κ2) is 6.27. The molecule has 1 nitrogen and oxygen atoms in total. The average Bonchev–Trinajstić information content (AvgIpc) is 2.47. The van der Waals surface area contributed by atoms with E-state index >= 15 is 0 Å². The summed E-state index contributed by atoms with van der Waals surface area (Å²) in [6.45, 7) is 0. The van der Waals surface area contributed by atoms with Crippen molar-refractivity contribution < 1.29 is 18.0 Å². The molecular formula is C17H11F3O. The number of benzene rings is 2. The molecule has 0 aliphatic heterocycles. The van der Waals surface area contributed by atoms with E-state index in [4.69, 9.17) is 0 Å². The number of carbonyl (C=O) groups excluding carboxylic acids is 1. The van der Waals surface area contributed by atoms with Crippen LogP contribution < -0.4 is 0 Å². The summed E-state index contributed by atoms with van der Waals surface area (Å²) in [5, 5.41) is 0. The molecule has 0 bridgehead atoms. The fourth-order valence-corrected chi connectivity index (χ4v) is 1.70. The Kier molecular flexibility index (Phi) is 4.44. The third-order valence-corrected chi connectivity index (χ3v) is 2.79. The van der Waals surface area contributed by atoms with Crippen molar-refractivity contribution >= 4 is 5.78 Å². The van der Waals surface area contributed by atoms with E-state index in [0.29, 0.717) is 11.1 Å². The van der Waals surface area contributed by atoms with Gasteiger partial charge in [0, 0.05) is 11.1 Å². The van der Waals surface area contributed by atoms with Crippen molar-refractivity contribution in [3.05, 3.63) is 71.3 Å². The molecule has 0 heterocycles. The Morgan fingerprint density at radius 1 is 0.952 bits per heavy atom. The summed E-state index contributed by atoms with van der Waals surface area (Å²) in [6, 6.07) is 13.3. The molecule has 4 heteroatoms. The Morgan fingerprint density at radius 3 is 2.14 bits per heavy atom. The molecular weight excluding hydrogens is 277 g/mol. The number of alkyl halides is 3. The van der Waals surface area contributed by atoms with E-state index in [-0.39, 0.29) is 12.2 Å². The van der Waals surface area contributed by atoms with Gasteiger partial charge in [-0.2, -0.15) is 13.2 Å². The maximum Gasteiger partial charge on any atom is 0.416 e. The summed E-state index contributed by atoms with van der Waals surface area (Å²) in [5.41, 5.74) is 0.302. The lowest BCUT2D eigenvalue weighted by Crippen LogP contribution is -2.04. The Balaban J connectivity index is 2.02. The number of rotatable bonds is 2. The summed E-state index contributed by atoms with van der Waals surface area (Å²) in [6.07, 6.45) is -4.32. The fourth-order valence-electron chi connectivity index (χ4n) is 1.70. The molecule has 0 unspecified atom stereocenters. The molecule has 0 aromatic heterocycles. The quantitative estimate of drug-likeness (QED) is 0.594. The molecule has 2 aromatic carbocycles. The van der Waals surface area contributed by atoms with Gasteiger partial charge in [-0.3, -0.25) is 4.79 Å². The normalized spacial score (nSPS) is 10.6. The van der Waals surface area contributed by atoms with Crippen LogP contribution in [0.5, 0.6) is 0 Å². The predicted molar refractivity (Wildman–Crippen MR) is 73.7 cm³/mol. The van der Waals surface area contributed by atoms with Gasteiger partial charge in [-0.25, -0.2) is 0 Å². The third-order valence-electron chi connectivity index (χ3n) is 2.79. The zero-order valence-electron chi connectivity index (χ0n) is 10.9. The molecule has 0 saturated carbocycles. The van der Waals surface area contributed by atoms with Crippen molar-refractivity contribution in [2.45, 2.75) is 12.6 Å². The number of halogens is 3. The molecule has 106 valence electrons. The molecule has 0 aliphatic rings. The summed E-state index contributed by atoms with van der Waals surface area (Å²) in [5.74, 6) is 5.25. The first-order valence-corrected chi connectivity index (χ1v) is 6.21. The molecule has 0 N–H and O–H groups in total. The van der Waals surface area contributed by atoms with E-state index < -0.39 is 11.7 Å². The molecule has 2 rings (SSSR count). The molecule has 0 radical (unpaired) electrons. The number of carbonyl (C=O) groups is 1. The highest BCUT2D eigenvalue weighted by Gasteiger charge is 2.29. The van der Waals surface area contributed by atoms with Crippen LogP contribution in [0.4, 0.5) is 13.2 Å². The van der Waals surface area contributed by atoms with Crippen molar-refractivity contribution in [2.75, 3.05) is 0 Å². The molecule has 0 atom stereocenters. The summed E-state index contributed by atoms with van der Waals surface area (Å²) < 4.78 is 37.2. The van der Waals surface area contributed by atoms with Crippen LogP contribution in [0, 0.1) is 11.8 Å². The van der Waals surface area contributed by atoms with E-state index in [2.05, 4.69) is 11.8 Å². The van der Waals surface area contributed by atoms with Gasteiger partial charge < -0.3 is 0 Å². The molecule has 0 fully saturated rings. The monoisotopic (exact) mass is 288 g/mol. The van der Waals surface area contributed by atoms with Crippen LogP contribution in [0.1, 0.15) is 27.9 Å². The van der Waals surface area contributed by atoms with E-state index in [1.54, 1.807) is 24.3 Å². The van der Waals surface area contributed by atoms with Gasteiger partial charge in [0.25, 0.3) is 0 Å². The molecule has 0 saturated heterocycles. The van der Waals surface area contributed by atoms with Crippen LogP contribution in [0.25, 0.3) is 0 Å². The second-order valence-electron chi connectivity index (χ2n) is 4.34. The highest BCUT2D eigenvalue weighted by molar-refractivity contribution is 5.97. The van der Waals surface area contributed by atoms with E-state index in [9.17, 15) is 18.0 Å². The minimum atomic E-state index is -4.35. The van der Waals surface area contributed by atoms with Crippen LogP contribution in [0.3, 0.4) is 0 Å². The van der Waals surface area contributed by atoms with Crippen molar-refractivity contribution in [2.24, 2.45) is 0 Å². The maximum absolute atomic E-state index is 12.4. The zero-order chi connectivity index (χ0) is 15.3. The van der Waals surface area contributed by atoms with Crippen molar-refractivity contribution in [1.82, 2.24) is 0 Å². The predicted octanol–water partition coefficient (Wildman–Crippen LogP) is 4.33. The van der Waals surface area contributed by atoms with Crippen molar-refractivity contribution in [3.8, 4) is 11.8 Å². The van der Waals surface area contributed by atoms with E-state index in [1.165, 1.54) is 12.1 Å². The van der Waals surface area contributed by atoms with Gasteiger partial charge in [0.05, 0.1) is 12.0 Å². The maximum atomic E-state index is 12.4. The van der Waals surface area contributed by atoms with Crippen molar-refractivity contribution in [1.29, 1.82) is 0 Å². The van der Waals surface area contributed by atoms with Gasteiger partial charge in [0.1, 0.15) is 0 Å². The van der Waals surface area contributed by atoms with Crippen LogP contribution >= 0.6 is 0 Å². The van der Waals surface area contributed by atoms with Gasteiger partial charge >= 0.3 is 6.18 Å². The third kappa shape index (κ3) is 4.22. The van der Waals surface area contributed by atoms with Gasteiger partial charge in [-0.1, -0.05) is 42.2 Å². The first-order valence-electron chi connectivity index (χ1n) is 6.21. The second-order valence-corrected chi connectivity index (χ2v) is 4.34. The van der Waals surface area contributed by atoms with E-state index in [1.807, 2.05) is 6.07 Å². The topological polar surface area (TPSA) is 17.1 Å². The lowest BCUT2D eigenvalue weighted by atomic mass is 10.1. The molecule has 2 aromatic rings. The molecule has 21 heavy (non-hydrogen) atoms. The summed E-state index contributed by atoms with van der Waals surface area (Å²) in [7, 11) is 0. The smallest absolute Gasteiger partial charge is 0.293 e. The van der Waals surface area contributed by atoms with Gasteiger partial charge in [0.2, 0.25) is 0 Å². The summed E-state index contributed by atoms with van der Waals surface area (Å²) in [4.78, 5) is 11.8. The first kappa shape index (κ1) is 14.9. The number of Topliss-reactive ketones (excluding diaryl/α,β-unsaturated/α-hetero) is 1. The minimum Gasteiger partial charge on any atom is -0.293 e. The Hall–Kier alpha value is -2.54. The van der Waals surface area contributed by atoms with Gasteiger partial charge in [-0.15, -0.1) is 0 Å². The number of ketones is 1. The Morgan fingerprint density at radius 2 is 1.57 bits per heavy atom. The first-order chi connectivity index (χ1) is 9.97. The van der Waals surface area contributed by atoms with E-state index in [0.717, 1.165) is 12.1 Å². The lowest BCUT2D eigenvalue weighted by molar-refractivity contribution is -0.137. The minimum absolute atomic E-state index is 0.0328. The SMILES string of the molecule is O=C(CC#Cc1ccc(C(F)(F)F)cc1)c1ccccc1. The van der Waals surface area contributed by atoms with Crippen LogP contribution in [-0.2, 0) is 6.18 Å². The Bertz CT molecular complexity index is 674. The van der Waals surface area contributed by atoms with Crippen LogP contribution in [-0.4, -0.2) is 5.78 Å². The molecule has 0 aliphatic carbocycles. The molecule has 0 amide bonds. The largest absolute Gasteiger partial charge is 0.416 e. The zero-order valence-corrected chi connectivity index (χ0v) is 10.9. The van der Waals surface area contributed by atoms with Crippen molar-refractivity contribution in [3.63, 3.8) is 0 Å². The summed E-state index contributed by atoms with van der Waals surface area (Å²) >= 11 is 0. The Labute approximate surface area is 120 Å². The lowest BCUT2D eigenvalue weighted by Gasteiger charge is -2.05. The van der Waals surface area contributed by atoms with Crippen LogP contribution in [0.2, 0.25) is 0 Å². The molecule has 0 spiro atoms. The van der Waals surface area contributed by atoms with Gasteiger partial charge in [0.15, 0.2) is 5.78 Å². The van der Waals surface area contributed by atoms with Crippen LogP contribution in [0.15, 0.2) is 54.6 Å². The highest BCUT2D eigenvalue weighted by Crippen LogP contribution is 2.28.